The van der Waals surface area contributed by atoms with Gasteiger partial charge in [-0.2, -0.15) is 0 Å². The van der Waals surface area contributed by atoms with Crippen molar-refractivity contribution < 1.29 is 4.74 Å². The van der Waals surface area contributed by atoms with Crippen molar-refractivity contribution in [1.29, 1.82) is 0 Å². The van der Waals surface area contributed by atoms with Gasteiger partial charge in [-0.25, -0.2) is 0 Å². The Morgan fingerprint density at radius 2 is 1.86 bits per heavy atom. The zero-order valence-corrected chi connectivity index (χ0v) is 14.2. The van der Waals surface area contributed by atoms with E-state index in [9.17, 15) is 0 Å². The Morgan fingerprint density at radius 1 is 1.10 bits per heavy atom. The van der Waals surface area contributed by atoms with E-state index in [0.717, 1.165) is 30.8 Å². The molecule has 0 aromatic heterocycles. The van der Waals surface area contributed by atoms with Crippen LogP contribution in [0.3, 0.4) is 0 Å². The number of nitrogens with one attached hydrogen (secondary N) is 1. The number of hydrogen-bond acceptors (Lipinski definition) is 2. The van der Waals surface area contributed by atoms with Crippen LogP contribution < -0.4 is 5.32 Å². The fraction of sp³-hybridized carbons (Fsp3) is 1.00. The van der Waals surface area contributed by atoms with E-state index in [-0.39, 0.29) is 5.60 Å². The molecule has 1 aliphatic heterocycles. The van der Waals surface area contributed by atoms with Gasteiger partial charge in [0, 0.05) is 13.1 Å². The van der Waals surface area contributed by atoms with Crippen LogP contribution in [0.5, 0.6) is 0 Å². The van der Waals surface area contributed by atoms with E-state index in [2.05, 4.69) is 19.2 Å². The van der Waals surface area contributed by atoms with Gasteiger partial charge in [0.2, 0.25) is 0 Å². The molecule has 0 aromatic carbocycles. The molecule has 0 amide bonds. The highest BCUT2D eigenvalue weighted by Crippen LogP contribution is 2.41. The number of ether oxygens (including phenoxy) is 1. The van der Waals surface area contributed by atoms with Crippen LogP contribution in [0.25, 0.3) is 0 Å². The fourth-order valence-corrected chi connectivity index (χ4v) is 5.23. The third-order valence-corrected chi connectivity index (χ3v) is 6.02. The van der Waals surface area contributed by atoms with E-state index < -0.39 is 0 Å². The van der Waals surface area contributed by atoms with Crippen LogP contribution in [-0.2, 0) is 4.74 Å². The molecule has 1 saturated heterocycles. The van der Waals surface area contributed by atoms with Crippen LogP contribution in [0.4, 0.5) is 0 Å². The first kappa shape index (κ1) is 15.8. The molecule has 3 fully saturated rings. The lowest BCUT2D eigenvalue weighted by molar-refractivity contribution is -0.148. The standard InChI is InChI=1S/C19H35NO/c1-15(2)10-17-8-5-9-19(12-17)14-20-13-18(21-19)11-16-6-3-4-7-16/h15-18,20H,3-14H2,1-2H3. The maximum absolute atomic E-state index is 6.73. The molecular weight excluding hydrogens is 258 g/mol. The maximum atomic E-state index is 6.73. The summed E-state index contributed by atoms with van der Waals surface area (Å²) < 4.78 is 6.73. The smallest absolute Gasteiger partial charge is 0.0813 e. The van der Waals surface area contributed by atoms with Crippen molar-refractivity contribution >= 4 is 0 Å². The fourth-order valence-electron chi connectivity index (χ4n) is 5.23. The summed E-state index contributed by atoms with van der Waals surface area (Å²) in [6, 6.07) is 0. The van der Waals surface area contributed by atoms with Crippen LogP contribution in [-0.4, -0.2) is 24.8 Å². The molecule has 0 radical (unpaired) electrons. The molecule has 3 unspecified atom stereocenters. The highest BCUT2D eigenvalue weighted by molar-refractivity contribution is 4.94. The highest BCUT2D eigenvalue weighted by atomic mass is 16.5. The molecule has 1 heterocycles. The van der Waals surface area contributed by atoms with Gasteiger partial charge in [0.15, 0.2) is 0 Å². The molecule has 3 aliphatic rings. The summed E-state index contributed by atoms with van der Waals surface area (Å²) in [5.41, 5.74) is 0.180. The number of rotatable bonds is 4. The summed E-state index contributed by atoms with van der Waals surface area (Å²) in [4.78, 5) is 0. The lowest BCUT2D eigenvalue weighted by atomic mass is 9.74. The normalized spacial score (nSPS) is 38.4. The third kappa shape index (κ3) is 4.22. The quantitative estimate of drug-likeness (QED) is 0.822. The molecule has 0 aromatic rings. The van der Waals surface area contributed by atoms with Crippen LogP contribution in [0.2, 0.25) is 0 Å². The number of hydrogen-bond donors (Lipinski definition) is 1. The van der Waals surface area contributed by atoms with E-state index in [0.29, 0.717) is 6.10 Å². The summed E-state index contributed by atoms with van der Waals surface area (Å²) in [5, 5.41) is 3.72. The molecule has 1 N–H and O–H groups in total. The Bertz CT molecular complexity index is 320. The maximum Gasteiger partial charge on any atom is 0.0813 e. The van der Waals surface area contributed by atoms with Gasteiger partial charge in [-0.1, -0.05) is 52.4 Å². The largest absolute Gasteiger partial charge is 0.369 e. The molecule has 21 heavy (non-hydrogen) atoms. The van der Waals surface area contributed by atoms with Gasteiger partial charge in [0.25, 0.3) is 0 Å². The Labute approximate surface area is 131 Å². The molecular formula is C19H35NO. The second kappa shape index (κ2) is 7.00. The van der Waals surface area contributed by atoms with Crippen molar-refractivity contribution in [2.45, 2.75) is 89.8 Å². The van der Waals surface area contributed by atoms with Crippen LogP contribution in [0.1, 0.15) is 78.1 Å². The monoisotopic (exact) mass is 293 g/mol. The van der Waals surface area contributed by atoms with Gasteiger partial charge in [0.1, 0.15) is 0 Å². The van der Waals surface area contributed by atoms with E-state index >= 15 is 0 Å². The Balaban J connectivity index is 1.55. The summed E-state index contributed by atoms with van der Waals surface area (Å²) in [6.45, 7) is 6.92. The van der Waals surface area contributed by atoms with Gasteiger partial charge in [0.05, 0.1) is 11.7 Å². The van der Waals surface area contributed by atoms with Gasteiger partial charge >= 0.3 is 0 Å². The van der Waals surface area contributed by atoms with Crippen LogP contribution in [0.15, 0.2) is 0 Å². The summed E-state index contributed by atoms with van der Waals surface area (Å²) >= 11 is 0. The van der Waals surface area contributed by atoms with Crippen molar-refractivity contribution in [3.05, 3.63) is 0 Å². The summed E-state index contributed by atoms with van der Waals surface area (Å²) in [6.07, 6.45) is 14.4. The minimum atomic E-state index is 0.180. The molecule has 122 valence electrons. The Hall–Kier alpha value is -0.0800. The zero-order chi connectivity index (χ0) is 14.7. The topological polar surface area (TPSA) is 21.3 Å². The lowest BCUT2D eigenvalue weighted by Crippen LogP contribution is -2.56. The van der Waals surface area contributed by atoms with Crippen molar-refractivity contribution in [3.8, 4) is 0 Å². The van der Waals surface area contributed by atoms with Crippen molar-refractivity contribution in [3.63, 3.8) is 0 Å². The van der Waals surface area contributed by atoms with Gasteiger partial charge < -0.3 is 10.1 Å². The molecule has 3 atom stereocenters. The molecule has 2 saturated carbocycles. The highest BCUT2D eigenvalue weighted by Gasteiger charge is 2.41. The van der Waals surface area contributed by atoms with E-state index in [1.165, 1.54) is 64.2 Å². The Kier molecular flexibility index (Phi) is 5.27. The molecule has 2 nitrogen and oxygen atoms in total. The second-order valence-corrected chi connectivity index (χ2v) is 8.53. The molecule has 3 rings (SSSR count). The van der Waals surface area contributed by atoms with Crippen molar-refractivity contribution in [2.75, 3.05) is 13.1 Å². The SMILES string of the molecule is CC(C)CC1CCCC2(CNCC(CC3CCCC3)O2)C1. The van der Waals surface area contributed by atoms with E-state index in [1.807, 2.05) is 0 Å². The molecule has 1 spiro atoms. The molecule has 2 aliphatic carbocycles. The number of morpholine rings is 1. The zero-order valence-electron chi connectivity index (χ0n) is 14.2. The van der Waals surface area contributed by atoms with Gasteiger partial charge in [-0.05, 0) is 43.4 Å². The first-order chi connectivity index (χ1) is 10.2. The van der Waals surface area contributed by atoms with Crippen LogP contribution in [0, 0.1) is 17.8 Å². The second-order valence-electron chi connectivity index (χ2n) is 8.53. The van der Waals surface area contributed by atoms with Crippen molar-refractivity contribution in [2.24, 2.45) is 17.8 Å². The predicted octanol–water partition coefficient (Wildman–Crippen LogP) is 4.53. The van der Waals surface area contributed by atoms with E-state index in [1.54, 1.807) is 0 Å². The predicted molar refractivity (Wildman–Crippen MR) is 88.5 cm³/mol. The average molecular weight is 293 g/mol. The van der Waals surface area contributed by atoms with Crippen molar-refractivity contribution in [1.82, 2.24) is 5.32 Å². The summed E-state index contributed by atoms with van der Waals surface area (Å²) in [5.74, 6) is 2.67. The molecule has 0 bridgehead atoms. The van der Waals surface area contributed by atoms with Gasteiger partial charge in [-0.3, -0.25) is 0 Å². The molecule has 2 heteroatoms. The minimum absolute atomic E-state index is 0.180. The minimum Gasteiger partial charge on any atom is -0.369 e. The Morgan fingerprint density at radius 3 is 2.62 bits per heavy atom. The first-order valence-corrected chi connectivity index (χ1v) is 9.54. The lowest BCUT2D eigenvalue weighted by Gasteiger charge is -2.47. The first-order valence-electron chi connectivity index (χ1n) is 9.54. The average Bonchev–Trinajstić information content (AvgIpc) is 2.91. The van der Waals surface area contributed by atoms with E-state index in [4.69, 9.17) is 4.74 Å². The van der Waals surface area contributed by atoms with Gasteiger partial charge in [-0.15, -0.1) is 0 Å². The third-order valence-electron chi connectivity index (χ3n) is 6.02. The summed E-state index contributed by atoms with van der Waals surface area (Å²) in [7, 11) is 0. The van der Waals surface area contributed by atoms with Crippen LogP contribution >= 0.6 is 0 Å².